The van der Waals surface area contributed by atoms with Gasteiger partial charge >= 0.3 is 0 Å². The Bertz CT molecular complexity index is 1490. The minimum atomic E-state index is -0.205. The van der Waals surface area contributed by atoms with Gasteiger partial charge in [0.05, 0.1) is 11.2 Å². The first kappa shape index (κ1) is 26.7. The van der Waals surface area contributed by atoms with Crippen LogP contribution in [-0.4, -0.2) is 22.5 Å². The Morgan fingerprint density at radius 1 is 0.923 bits per heavy atom. The number of aromatic nitrogens is 1. The molecule has 2 heterocycles. The molecule has 0 unspecified atom stereocenters. The van der Waals surface area contributed by atoms with Gasteiger partial charge in [0.1, 0.15) is 11.6 Å². The van der Waals surface area contributed by atoms with Gasteiger partial charge in [-0.2, -0.15) is 0 Å². The van der Waals surface area contributed by atoms with Crippen LogP contribution in [0.4, 0.5) is 17.2 Å². The fraction of sp³-hybridized carbons (Fsp3) is 0.353. The van der Waals surface area contributed by atoms with Gasteiger partial charge in [-0.3, -0.25) is 4.79 Å². The SMILES string of the molecule is CC(C)(C)c1cc(CCC(=O)Nc2c3c(nc4ccccc24)N(c2ccccc2)CC3)cc(C(C)(C)C)c1O. The first-order valence-corrected chi connectivity index (χ1v) is 13.8. The molecule has 1 aliphatic heterocycles. The normalized spacial score (nSPS) is 13.5. The summed E-state index contributed by atoms with van der Waals surface area (Å²) in [7, 11) is 0. The number of aryl methyl sites for hydroxylation is 1. The zero-order valence-corrected chi connectivity index (χ0v) is 23.9. The Morgan fingerprint density at radius 2 is 1.54 bits per heavy atom. The number of carbonyl (C=O) groups is 1. The molecule has 1 aliphatic rings. The second-order valence-electron chi connectivity index (χ2n) is 12.6. The van der Waals surface area contributed by atoms with Gasteiger partial charge in [0.15, 0.2) is 0 Å². The van der Waals surface area contributed by atoms with Crippen LogP contribution in [0.5, 0.6) is 5.75 Å². The van der Waals surface area contributed by atoms with Gasteiger partial charge in [0, 0.05) is 29.6 Å². The molecule has 3 aromatic carbocycles. The summed E-state index contributed by atoms with van der Waals surface area (Å²) >= 11 is 0. The van der Waals surface area contributed by atoms with E-state index >= 15 is 0 Å². The maximum Gasteiger partial charge on any atom is 0.224 e. The number of aromatic hydroxyl groups is 1. The molecule has 0 spiro atoms. The smallest absolute Gasteiger partial charge is 0.224 e. The van der Waals surface area contributed by atoms with Crippen molar-refractivity contribution in [3.8, 4) is 5.75 Å². The number of phenols is 1. The van der Waals surface area contributed by atoms with Gasteiger partial charge in [-0.1, -0.05) is 90.1 Å². The predicted molar refractivity (Wildman–Crippen MR) is 161 cm³/mol. The molecule has 5 heteroatoms. The first-order chi connectivity index (χ1) is 18.4. The molecule has 202 valence electrons. The van der Waals surface area contributed by atoms with Crippen molar-refractivity contribution in [2.45, 2.75) is 71.6 Å². The number of pyridine rings is 1. The Hall–Kier alpha value is -3.86. The van der Waals surface area contributed by atoms with Crippen LogP contribution in [0.15, 0.2) is 66.7 Å². The van der Waals surface area contributed by atoms with Gasteiger partial charge in [0.25, 0.3) is 0 Å². The fourth-order valence-corrected chi connectivity index (χ4v) is 5.47. The van der Waals surface area contributed by atoms with Crippen molar-refractivity contribution in [2.75, 3.05) is 16.8 Å². The molecule has 2 N–H and O–H groups in total. The molecule has 5 nitrogen and oxygen atoms in total. The Kier molecular flexibility index (Phi) is 6.88. The van der Waals surface area contributed by atoms with Crippen LogP contribution in [0.25, 0.3) is 10.9 Å². The lowest BCUT2D eigenvalue weighted by molar-refractivity contribution is -0.116. The summed E-state index contributed by atoms with van der Waals surface area (Å²) in [4.78, 5) is 20.6. The third-order valence-electron chi connectivity index (χ3n) is 7.57. The summed E-state index contributed by atoms with van der Waals surface area (Å²) in [6, 6.07) is 22.4. The van der Waals surface area contributed by atoms with Crippen molar-refractivity contribution in [3.05, 3.63) is 89.0 Å². The number of nitrogens with one attached hydrogen (secondary N) is 1. The predicted octanol–water partition coefficient (Wildman–Crippen LogP) is 7.80. The summed E-state index contributed by atoms with van der Waals surface area (Å²) in [5.41, 5.74) is 6.43. The van der Waals surface area contributed by atoms with Crippen LogP contribution >= 0.6 is 0 Å². The van der Waals surface area contributed by atoms with E-state index in [4.69, 9.17) is 4.98 Å². The molecule has 0 saturated heterocycles. The number of hydrogen-bond acceptors (Lipinski definition) is 4. The molecule has 1 amide bonds. The summed E-state index contributed by atoms with van der Waals surface area (Å²) in [6.07, 6.45) is 1.77. The average Bonchev–Trinajstić information content (AvgIpc) is 3.31. The third-order valence-corrected chi connectivity index (χ3v) is 7.57. The van der Waals surface area contributed by atoms with Crippen molar-refractivity contribution in [2.24, 2.45) is 0 Å². The molecule has 0 fully saturated rings. The fourth-order valence-electron chi connectivity index (χ4n) is 5.47. The van der Waals surface area contributed by atoms with E-state index < -0.39 is 0 Å². The topological polar surface area (TPSA) is 65.5 Å². The molecule has 0 atom stereocenters. The molecule has 0 bridgehead atoms. The maximum absolute atomic E-state index is 13.4. The van der Waals surface area contributed by atoms with E-state index in [0.717, 1.165) is 63.3 Å². The van der Waals surface area contributed by atoms with E-state index in [9.17, 15) is 9.90 Å². The lowest BCUT2D eigenvalue weighted by Gasteiger charge is -2.28. The zero-order valence-electron chi connectivity index (χ0n) is 23.9. The molecule has 1 aromatic heterocycles. The molecule has 5 rings (SSSR count). The van der Waals surface area contributed by atoms with Crippen molar-refractivity contribution in [1.82, 2.24) is 4.98 Å². The van der Waals surface area contributed by atoms with Crippen molar-refractivity contribution >= 4 is 34.0 Å². The molecule has 4 aromatic rings. The number of phenolic OH excluding ortho intramolecular Hbond substituents is 1. The second-order valence-corrected chi connectivity index (χ2v) is 12.6. The standard InChI is InChI=1S/C34H39N3O2/c1-33(2,3)26-20-22(21-27(31(26)39)34(4,5)6)16-17-29(38)36-30-24-14-10-11-15-28(24)35-32-25(30)18-19-37(32)23-12-8-7-9-13-23/h7-15,20-21,39H,16-19H2,1-6H3,(H,35,36,38). The van der Waals surface area contributed by atoms with Crippen molar-refractivity contribution in [1.29, 1.82) is 0 Å². The molecular weight excluding hydrogens is 482 g/mol. The van der Waals surface area contributed by atoms with Crippen molar-refractivity contribution < 1.29 is 9.90 Å². The highest BCUT2D eigenvalue weighted by molar-refractivity contribution is 6.04. The highest BCUT2D eigenvalue weighted by Crippen LogP contribution is 2.42. The Morgan fingerprint density at radius 3 is 2.18 bits per heavy atom. The van der Waals surface area contributed by atoms with Crippen LogP contribution in [0.3, 0.4) is 0 Å². The van der Waals surface area contributed by atoms with E-state index in [2.05, 4.69) is 76.0 Å². The van der Waals surface area contributed by atoms with Gasteiger partial charge < -0.3 is 15.3 Å². The number of amides is 1. The van der Waals surface area contributed by atoms with Gasteiger partial charge in [-0.15, -0.1) is 0 Å². The molecular formula is C34H39N3O2. The number of rotatable bonds is 5. The van der Waals surface area contributed by atoms with E-state index in [1.807, 2.05) is 42.5 Å². The van der Waals surface area contributed by atoms with E-state index in [1.165, 1.54) is 0 Å². The minimum absolute atomic E-state index is 0.0191. The van der Waals surface area contributed by atoms with Crippen LogP contribution < -0.4 is 10.2 Å². The maximum atomic E-state index is 13.4. The number of carbonyl (C=O) groups excluding carboxylic acids is 1. The molecule has 39 heavy (non-hydrogen) atoms. The summed E-state index contributed by atoms with van der Waals surface area (Å²) in [6.45, 7) is 13.5. The monoisotopic (exact) mass is 521 g/mol. The zero-order chi connectivity index (χ0) is 27.9. The van der Waals surface area contributed by atoms with E-state index in [1.54, 1.807) is 0 Å². The number of fused-ring (bicyclic) bond motifs is 2. The van der Waals surface area contributed by atoms with E-state index in [0.29, 0.717) is 18.6 Å². The Balaban J connectivity index is 1.44. The average molecular weight is 522 g/mol. The van der Waals surface area contributed by atoms with Gasteiger partial charge in [-0.25, -0.2) is 4.98 Å². The summed E-state index contributed by atoms with van der Waals surface area (Å²) < 4.78 is 0. The highest BCUT2D eigenvalue weighted by atomic mass is 16.3. The second kappa shape index (κ2) is 10.0. The van der Waals surface area contributed by atoms with Gasteiger partial charge in [-0.05, 0) is 58.6 Å². The van der Waals surface area contributed by atoms with Crippen molar-refractivity contribution in [3.63, 3.8) is 0 Å². The number of nitrogens with zero attached hydrogens (tertiary/aromatic N) is 2. The summed E-state index contributed by atoms with van der Waals surface area (Å²) in [5.74, 6) is 1.26. The number of hydrogen-bond donors (Lipinski definition) is 2. The Labute approximate surface area is 231 Å². The first-order valence-electron chi connectivity index (χ1n) is 13.8. The number of para-hydroxylation sites is 2. The van der Waals surface area contributed by atoms with Crippen LogP contribution in [0.2, 0.25) is 0 Å². The number of benzene rings is 3. The molecule has 0 aliphatic carbocycles. The van der Waals surface area contributed by atoms with Crippen LogP contribution in [0.1, 0.15) is 70.2 Å². The lowest BCUT2D eigenvalue weighted by Crippen LogP contribution is -2.19. The lowest BCUT2D eigenvalue weighted by atomic mass is 9.78. The van der Waals surface area contributed by atoms with Crippen LogP contribution in [-0.2, 0) is 28.5 Å². The third kappa shape index (κ3) is 5.36. The van der Waals surface area contributed by atoms with Crippen LogP contribution in [0, 0.1) is 0 Å². The number of anilines is 3. The molecule has 0 radical (unpaired) electrons. The highest BCUT2D eigenvalue weighted by Gasteiger charge is 2.28. The van der Waals surface area contributed by atoms with E-state index in [-0.39, 0.29) is 16.7 Å². The largest absolute Gasteiger partial charge is 0.507 e. The molecule has 0 saturated carbocycles. The summed E-state index contributed by atoms with van der Waals surface area (Å²) in [5, 5.41) is 15.3. The minimum Gasteiger partial charge on any atom is -0.507 e. The quantitative estimate of drug-likeness (QED) is 0.281. The van der Waals surface area contributed by atoms with Gasteiger partial charge in [0.2, 0.25) is 5.91 Å².